The molecule has 3 nitrogen and oxygen atoms in total. The third kappa shape index (κ3) is 3.25. The maximum atomic E-state index is 5.66. The molecule has 6 heteroatoms. The van der Waals surface area contributed by atoms with E-state index in [1.54, 1.807) is 0 Å². The first kappa shape index (κ1) is 12.0. The lowest BCUT2D eigenvalue weighted by Gasteiger charge is -2.03. The molecule has 0 bridgehead atoms. The van der Waals surface area contributed by atoms with Crippen LogP contribution in [-0.2, 0) is 18.0 Å². The van der Waals surface area contributed by atoms with E-state index in [9.17, 15) is 0 Å². The molecule has 0 N–H and O–H groups in total. The van der Waals surface area contributed by atoms with Gasteiger partial charge < -0.3 is 4.74 Å². The van der Waals surface area contributed by atoms with Gasteiger partial charge in [0, 0.05) is 4.47 Å². The van der Waals surface area contributed by atoms with Gasteiger partial charge in [-0.3, -0.25) is 0 Å². The number of ether oxygens (including phenoxy) is 1. The van der Waals surface area contributed by atoms with E-state index in [1.807, 2.05) is 24.3 Å². The summed E-state index contributed by atoms with van der Waals surface area (Å²) in [6.45, 7) is 0.977. The molecule has 1 aromatic heterocycles. The number of hydrogen-bond donors (Lipinski definition) is 0. The summed E-state index contributed by atoms with van der Waals surface area (Å²) in [4.78, 5) is 0. The van der Waals surface area contributed by atoms with E-state index in [1.165, 1.54) is 11.3 Å². The highest BCUT2D eigenvalue weighted by Crippen LogP contribution is 2.19. The van der Waals surface area contributed by atoms with Gasteiger partial charge in [0.1, 0.15) is 11.6 Å². The van der Waals surface area contributed by atoms with E-state index >= 15 is 0 Å². The van der Waals surface area contributed by atoms with Crippen LogP contribution in [0.3, 0.4) is 0 Å². The molecule has 0 amide bonds. The van der Waals surface area contributed by atoms with Crippen LogP contribution in [0.25, 0.3) is 0 Å². The maximum absolute atomic E-state index is 5.66. The Balaban J connectivity index is 1.87. The smallest absolute Gasteiger partial charge is 0.207 e. The fourth-order valence-electron chi connectivity index (χ4n) is 1.16. The number of aromatic nitrogens is 2. The summed E-state index contributed by atoms with van der Waals surface area (Å²) in [6, 6.07) is 7.95. The Morgan fingerprint density at radius 3 is 2.75 bits per heavy atom. The molecule has 0 aliphatic rings. The van der Waals surface area contributed by atoms with E-state index in [0.29, 0.717) is 17.7 Å². The number of halogens is 2. The topological polar surface area (TPSA) is 35.0 Å². The van der Waals surface area contributed by atoms with Crippen LogP contribution >= 0.6 is 38.9 Å². The summed E-state index contributed by atoms with van der Waals surface area (Å²) in [6.07, 6.45) is 0. The zero-order chi connectivity index (χ0) is 11.4. The predicted octanol–water partition coefficient (Wildman–Crippen LogP) is 3.67. The van der Waals surface area contributed by atoms with E-state index in [-0.39, 0.29) is 0 Å². The number of benzene rings is 1. The van der Waals surface area contributed by atoms with Gasteiger partial charge in [-0.05, 0) is 23.2 Å². The third-order valence-corrected chi connectivity index (χ3v) is 3.65. The van der Waals surface area contributed by atoms with Crippen molar-refractivity contribution in [3.63, 3.8) is 0 Å². The second-order valence-electron chi connectivity index (χ2n) is 3.03. The summed E-state index contributed by atoms with van der Waals surface area (Å²) < 4.78 is 7.01. The molecule has 0 fully saturated rings. The van der Waals surface area contributed by atoms with Crippen LogP contribution in [0, 0.1) is 0 Å². The fraction of sp³-hybridized carbons (Fsp3) is 0.200. The van der Waals surface area contributed by atoms with Gasteiger partial charge in [0.25, 0.3) is 0 Å². The first-order chi connectivity index (χ1) is 7.75. The molecule has 0 spiro atoms. The normalized spacial score (nSPS) is 10.6. The van der Waals surface area contributed by atoms with Gasteiger partial charge in [0.15, 0.2) is 0 Å². The van der Waals surface area contributed by atoms with Crippen molar-refractivity contribution in [1.82, 2.24) is 10.2 Å². The quantitative estimate of drug-likeness (QED) is 0.862. The number of hydrogen-bond acceptors (Lipinski definition) is 4. The van der Waals surface area contributed by atoms with Crippen molar-refractivity contribution in [1.29, 1.82) is 0 Å². The second kappa shape index (κ2) is 5.72. The Hall–Kier alpha value is -0.490. The Morgan fingerprint density at radius 1 is 1.25 bits per heavy atom. The molecule has 0 atom stereocenters. The van der Waals surface area contributed by atoms with Gasteiger partial charge in [-0.15, -0.1) is 10.2 Å². The lowest BCUT2D eigenvalue weighted by Crippen LogP contribution is -1.94. The largest absolute Gasteiger partial charge is 0.369 e. The average molecular weight is 320 g/mol. The lowest BCUT2D eigenvalue weighted by atomic mass is 10.2. The summed E-state index contributed by atoms with van der Waals surface area (Å²) >= 11 is 10.5. The Labute approximate surface area is 111 Å². The van der Waals surface area contributed by atoms with Gasteiger partial charge in [-0.25, -0.2) is 0 Å². The minimum atomic E-state index is 0.436. The monoisotopic (exact) mass is 318 g/mol. The highest BCUT2D eigenvalue weighted by atomic mass is 79.9. The minimum Gasteiger partial charge on any atom is -0.369 e. The molecule has 0 radical (unpaired) electrons. The maximum Gasteiger partial charge on any atom is 0.207 e. The first-order valence-corrected chi connectivity index (χ1v) is 6.53. The predicted molar refractivity (Wildman–Crippen MR) is 67.6 cm³/mol. The summed E-state index contributed by atoms with van der Waals surface area (Å²) in [7, 11) is 0. The van der Waals surface area contributed by atoms with Crippen molar-refractivity contribution in [2.24, 2.45) is 0 Å². The number of nitrogens with zero attached hydrogens (tertiary/aromatic N) is 2. The minimum absolute atomic E-state index is 0.436. The lowest BCUT2D eigenvalue weighted by molar-refractivity contribution is 0.106. The van der Waals surface area contributed by atoms with Crippen molar-refractivity contribution in [3.8, 4) is 0 Å². The van der Waals surface area contributed by atoms with Crippen molar-refractivity contribution in [2.45, 2.75) is 13.2 Å². The molecule has 1 heterocycles. The zero-order valence-corrected chi connectivity index (χ0v) is 11.3. The van der Waals surface area contributed by atoms with Crippen molar-refractivity contribution < 1.29 is 4.74 Å². The Bertz CT molecular complexity index is 477. The molecule has 0 aliphatic heterocycles. The molecule has 2 aromatic rings. The van der Waals surface area contributed by atoms with Crippen LogP contribution in [0.5, 0.6) is 0 Å². The molecule has 0 aliphatic carbocycles. The third-order valence-electron chi connectivity index (χ3n) is 1.88. The van der Waals surface area contributed by atoms with Crippen LogP contribution < -0.4 is 0 Å². The molecular formula is C10H8BrClN2OS. The van der Waals surface area contributed by atoms with Gasteiger partial charge in [-0.2, -0.15) is 0 Å². The summed E-state index contributed by atoms with van der Waals surface area (Å²) in [5.74, 6) is 0. The second-order valence-corrected chi connectivity index (χ2v) is 5.53. The molecule has 16 heavy (non-hydrogen) atoms. The summed E-state index contributed by atoms with van der Waals surface area (Å²) in [5, 5.41) is 8.36. The van der Waals surface area contributed by atoms with E-state index in [0.717, 1.165) is 15.0 Å². The zero-order valence-electron chi connectivity index (χ0n) is 8.19. The molecule has 0 saturated heterocycles. The van der Waals surface area contributed by atoms with Crippen LogP contribution in [-0.4, -0.2) is 10.2 Å². The first-order valence-electron chi connectivity index (χ1n) is 4.55. The standard InChI is InChI=1S/C10H8BrClN2OS/c11-8-4-2-1-3-7(8)5-15-6-9-13-14-10(12)16-9/h1-4H,5-6H2. The number of rotatable bonds is 4. The van der Waals surface area contributed by atoms with Gasteiger partial charge in [0.05, 0.1) is 6.61 Å². The van der Waals surface area contributed by atoms with Gasteiger partial charge in [-0.1, -0.05) is 45.5 Å². The van der Waals surface area contributed by atoms with Crippen molar-refractivity contribution in [2.75, 3.05) is 0 Å². The van der Waals surface area contributed by atoms with Crippen LogP contribution in [0.2, 0.25) is 4.47 Å². The molecule has 1 aromatic carbocycles. The van der Waals surface area contributed by atoms with Crippen molar-refractivity contribution in [3.05, 3.63) is 43.8 Å². The van der Waals surface area contributed by atoms with E-state index in [2.05, 4.69) is 26.1 Å². The van der Waals surface area contributed by atoms with E-state index < -0.39 is 0 Å². The Morgan fingerprint density at radius 2 is 2.06 bits per heavy atom. The van der Waals surface area contributed by atoms with Gasteiger partial charge in [0.2, 0.25) is 4.47 Å². The van der Waals surface area contributed by atoms with E-state index in [4.69, 9.17) is 16.3 Å². The van der Waals surface area contributed by atoms with Gasteiger partial charge >= 0.3 is 0 Å². The molecule has 2 rings (SSSR count). The molecule has 84 valence electrons. The van der Waals surface area contributed by atoms with Crippen LogP contribution in [0.1, 0.15) is 10.6 Å². The average Bonchev–Trinajstić information content (AvgIpc) is 2.67. The highest BCUT2D eigenvalue weighted by molar-refractivity contribution is 9.10. The fourth-order valence-corrected chi connectivity index (χ4v) is 2.36. The summed E-state index contributed by atoms with van der Waals surface area (Å²) in [5.41, 5.74) is 1.11. The molecule has 0 saturated carbocycles. The van der Waals surface area contributed by atoms with Crippen LogP contribution in [0.4, 0.5) is 0 Å². The SMILES string of the molecule is Clc1nnc(COCc2ccccc2Br)s1. The van der Waals surface area contributed by atoms with Crippen molar-refractivity contribution >= 4 is 38.9 Å². The molecular weight excluding hydrogens is 312 g/mol. The highest BCUT2D eigenvalue weighted by Gasteiger charge is 2.03. The Kier molecular flexibility index (Phi) is 4.29. The molecule has 0 unspecified atom stereocenters. The van der Waals surface area contributed by atoms with Crippen LogP contribution in [0.15, 0.2) is 28.7 Å².